The summed E-state index contributed by atoms with van der Waals surface area (Å²) in [6.07, 6.45) is 2.09. The van der Waals surface area contributed by atoms with Gasteiger partial charge in [-0.25, -0.2) is 0 Å². The average molecular weight is 189 g/mol. The van der Waals surface area contributed by atoms with Gasteiger partial charge < -0.3 is 5.32 Å². The van der Waals surface area contributed by atoms with E-state index in [1.54, 1.807) is 0 Å². The molecule has 0 aliphatic carbocycles. The second-order valence-corrected chi connectivity index (χ2v) is 3.41. The van der Waals surface area contributed by atoms with Crippen molar-refractivity contribution in [2.45, 2.75) is 20.0 Å². The van der Waals surface area contributed by atoms with Crippen LogP contribution in [0.3, 0.4) is 0 Å². The lowest BCUT2D eigenvalue weighted by molar-refractivity contribution is 0.668. The Kier molecular flexibility index (Phi) is 2.50. The van der Waals surface area contributed by atoms with Gasteiger partial charge in [-0.1, -0.05) is 6.07 Å². The smallest absolute Gasteiger partial charge is 0.0923 e. The summed E-state index contributed by atoms with van der Waals surface area (Å²) in [4.78, 5) is 0. The van der Waals surface area contributed by atoms with Crippen molar-refractivity contribution in [1.29, 1.82) is 0 Å². The van der Waals surface area contributed by atoms with E-state index in [9.17, 15) is 0 Å². The molecule has 0 spiro atoms. The quantitative estimate of drug-likeness (QED) is 0.797. The van der Waals surface area contributed by atoms with Gasteiger partial charge in [-0.15, -0.1) is 0 Å². The van der Waals surface area contributed by atoms with Gasteiger partial charge in [-0.3, -0.25) is 4.68 Å². The maximum atomic E-state index is 4.43. The first-order valence-electron chi connectivity index (χ1n) is 4.94. The Labute approximate surface area is 83.7 Å². The largest absolute Gasteiger partial charge is 0.316 e. The highest BCUT2D eigenvalue weighted by Gasteiger charge is 2.00. The van der Waals surface area contributed by atoms with Crippen LogP contribution in [-0.4, -0.2) is 16.8 Å². The van der Waals surface area contributed by atoms with Crippen molar-refractivity contribution in [3.05, 3.63) is 30.0 Å². The van der Waals surface area contributed by atoms with Crippen molar-refractivity contribution in [2.75, 3.05) is 7.05 Å². The van der Waals surface area contributed by atoms with Crippen LogP contribution in [0.4, 0.5) is 0 Å². The minimum absolute atomic E-state index is 0.910. The lowest BCUT2D eigenvalue weighted by Gasteiger charge is -1.98. The second kappa shape index (κ2) is 3.80. The highest BCUT2D eigenvalue weighted by Crippen LogP contribution is 2.14. The second-order valence-electron chi connectivity index (χ2n) is 3.41. The Bertz CT molecular complexity index is 431. The molecule has 0 unspecified atom stereocenters. The minimum Gasteiger partial charge on any atom is -0.316 e. The molecule has 2 aromatic rings. The van der Waals surface area contributed by atoms with Crippen molar-refractivity contribution >= 4 is 10.9 Å². The highest BCUT2D eigenvalue weighted by atomic mass is 15.3. The number of aromatic nitrogens is 2. The molecule has 2 rings (SSSR count). The molecule has 0 saturated carbocycles. The van der Waals surface area contributed by atoms with E-state index < -0.39 is 0 Å². The summed E-state index contributed by atoms with van der Waals surface area (Å²) in [5.74, 6) is 0. The Morgan fingerprint density at radius 1 is 1.43 bits per heavy atom. The minimum atomic E-state index is 0.910. The summed E-state index contributed by atoms with van der Waals surface area (Å²) >= 11 is 0. The van der Waals surface area contributed by atoms with Crippen LogP contribution < -0.4 is 5.32 Å². The van der Waals surface area contributed by atoms with Crippen molar-refractivity contribution in [3.63, 3.8) is 0 Å². The molecule has 0 amide bonds. The number of benzene rings is 1. The summed E-state index contributed by atoms with van der Waals surface area (Å²) in [6.45, 7) is 3.93. The lowest BCUT2D eigenvalue weighted by atomic mass is 10.1. The summed E-state index contributed by atoms with van der Waals surface area (Å²) in [5, 5.41) is 8.79. The fourth-order valence-corrected chi connectivity index (χ4v) is 1.60. The van der Waals surface area contributed by atoms with E-state index in [2.05, 4.69) is 41.7 Å². The van der Waals surface area contributed by atoms with E-state index in [0.717, 1.165) is 18.6 Å². The first-order chi connectivity index (χ1) is 6.83. The number of aryl methyl sites for hydroxylation is 1. The zero-order valence-electron chi connectivity index (χ0n) is 8.62. The summed E-state index contributed by atoms with van der Waals surface area (Å²) in [7, 11) is 1.96. The molecule has 0 fully saturated rings. The normalized spacial score (nSPS) is 11.0. The van der Waals surface area contributed by atoms with Crippen molar-refractivity contribution < 1.29 is 0 Å². The fourth-order valence-electron chi connectivity index (χ4n) is 1.60. The molecular weight excluding hydrogens is 174 g/mol. The van der Waals surface area contributed by atoms with Crippen LogP contribution in [0.1, 0.15) is 12.5 Å². The molecule has 3 nitrogen and oxygen atoms in total. The Balaban J connectivity index is 2.43. The van der Waals surface area contributed by atoms with E-state index in [4.69, 9.17) is 0 Å². The Hall–Kier alpha value is -1.35. The highest BCUT2D eigenvalue weighted by molar-refractivity contribution is 5.78. The standard InChI is InChI=1S/C11H15N3/c1-3-14-8-10-6-9(7-12-2)4-5-11(10)13-14/h4-6,8,12H,3,7H2,1-2H3. The van der Waals surface area contributed by atoms with Gasteiger partial charge >= 0.3 is 0 Å². The molecule has 74 valence electrons. The van der Waals surface area contributed by atoms with Gasteiger partial charge in [0.25, 0.3) is 0 Å². The van der Waals surface area contributed by atoms with E-state index in [1.807, 2.05) is 11.7 Å². The third kappa shape index (κ3) is 1.63. The molecular formula is C11H15N3. The van der Waals surface area contributed by atoms with E-state index in [1.165, 1.54) is 10.9 Å². The number of nitrogens with zero attached hydrogens (tertiary/aromatic N) is 2. The first kappa shape index (κ1) is 9.21. The van der Waals surface area contributed by atoms with Gasteiger partial charge in [0.2, 0.25) is 0 Å². The lowest BCUT2D eigenvalue weighted by Crippen LogP contribution is -2.04. The third-order valence-corrected chi connectivity index (χ3v) is 2.32. The van der Waals surface area contributed by atoms with Crippen LogP contribution in [-0.2, 0) is 13.1 Å². The molecule has 0 aliphatic rings. The van der Waals surface area contributed by atoms with Crippen molar-refractivity contribution in [2.24, 2.45) is 0 Å². The SMILES string of the molecule is CCn1cc2cc(CNC)ccc2n1. The number of fused-ring (bicyclic) bond motifs is 1. The fraction of sp³-hybridized carbons (Fsp3) is 0.364. The van der Waals surface area contributed by atoms with Crippen LogP contribution in [0.5, 0.6) is 0 Å². The first-order valence-corrected chi connectivity index (χ1v) is 4.94. The molecule has 1 N–H and O–H groups in total. The zero-order valence-corrected chi connectivity index (χ0v) is 8.62. The van der Waals surface area contributed by atoms with Gasteiger partial charge in [0.05, 0.1) is 5.52 Å². The predicted octanol–water partition coefficient (Wildman–Crippen LogP) is 1.78. The summed E-state index contributed by atoms with van der Waals surface area (Å²) in [6, 6.07) is 6.38. The van der Waals surface area contributed by atoms with Crippen molar-refractivity contribution in [3.8, 4) is 0 Å². The Morgan fingerprint density at radius 3 is 3.00 bits per heavy atom. The van der Waals surface area contributed by atoms with E-state index in [0.29, 0.717) is 0 Å². The summed E-state index contributed by atoms with van der Waals surface area (Å²) < 4.78 is 1.97. The van der Waals surface area contributed by atoms with Gasteiger partial charge in [-0.05, 0) is 31.7 Å². The molecule has 0 bridgehead atoms. The molecule has 0 saturated heterocycles. The monoisotopic (exact) mass is 189 g/mol. The summed E-state index contributed by atoms with van der Waals surface area (Å²) in [5.41, 5.74) is 2.38. The zero-order chi connectivity index (χ0) is 9.97. The van der Waals surface area contributed by atoms with Gasteiger partial charge in [-0.2, -0.15) is 5.10 Å². The maximum Gasteiger partial charge on any atom is 0.0923 e. The number of rotatable bonds is 3. The Morgan fingerprint density at radius 2 is 2.29 bits per heavy atom. The van der Waals surface area contributed by atoms with Crippen LogP contribution in [0, 0.1) is 0 Å². The van der Waals surface area contributed by atoms with Crippen LogP contribution in [0.2, 0.25) is 0 Å². The average Bonchev–Trinajstić information content (AvgIpc) is 2.60. The maximum absolute atomic E-state index is 4.43. The molecule has 0 atom stereocenters. The van der Waals surface area contributed by atoms with E-state index in [-0.39, 0.29) is 0 Å². The number of hydrogen-bond acceptors (Lipinski definition) is 2. The van der Waals surface area contributed by atoms with Gasteiger partial charge in [0, 0.05) is 24.7 Å². The van der Waals surface area contributed by atoms with Gasteiger partial charge in [0.15, 0.2) is 0 Å². The topological polar surface area (TPSA) is 29.9 Å². The van der Waals surface area contributed by atoms with Crippen LogP contribution in [0.15, 0.2) is 24.4 Å². The van der Waals surface area contributed by atoms with Crippen LogP contribution >= 0.6 is 0 Å². The number of hydrogen-bond donors (Lipinski definition) is 1. The molecule has 0 aliphatic heterocycles. The molecule has 1 aromatic heterocycles. The molecule has 0 radical (unpaired) electrons. The molecule has 1 aromatic carbocycles. The molecule has 3 heteroatoms. The predicted molar refractivity (Wildman–Crippen MR) is 58.2 cm³/mol. The van der Waals surface area contributed by atoms with Gasteiger partial charge in [0.1, 0.15) is 0 Å². The molecule has 1 heterocycles. The molecule has 14 heavy (non-hydrogen) atoms. The van der Waals surface area contributed by atoms with Crippen molar-refractivity contribution in [1.82, 2.24) is 15.1 Å². The number of nitrogens with one attached hydrogen (secondary N) is 1. The van der Waals surface area contributed by atoms with Crippen LogP contribution in [0.25, 0.3) is 10.9 Å². The van der Waals surface area contributed by atoms with E-state index >= 15 is 0 Å². The third-order valence-electron chi connectivity index (χ3n) is 2.32.